The largest absolute Gasteiger partial charge is 0.481 e. The average molecular weight is 674 g/mol. The number of aryl methyl sites for hydroxylation is 1. The Morgan fingerprint density at radius 3 is 2.52 bits per heavy atom. The van der Waals surface area contributed by atoms with Gasteiger partial charge in [-0.3, -0.25) is 19.5 Å². The first kappa shape index (κ1) is 30.6. The van der Waals surface area contributed by atoms with E-state index < -0.39 is 22.5 Å². The van der Waals surface area contributed by atoms with Gasteiger partial charge in [-0.05, 0) is 77.7 Å². The van der Waals surface area contributed by atoms with Crippen LogP contribution in [0.4, 0.5) is 5.69 Å². The number of ether oxygens (including phenoxy) is 2. The van der Waals surface area contributed by atoms with E-state index in [9.17, 15) is 19.7 Å². The molecule has 1 aliphatic heterocycles. The number of rotatable bonds is 8. The van der Waals surface area contributed by atoms with Crippen LogP contribution in [0.1, 0.15) is 47.7 Å². The molecule has 0 N–H and O–H groups in total. The summed E-state index contributed by atoms with van der Waals surface area (Å²) in [6, 6.07) is 18.5. The molecule has 0 radical (unpaired) electrons. The first-order valence-corrected chi connectivity index (χ1v) is 15.1. The van der Waals surface area contributed by atoms with Gasteiger partial charge in [0.05, 0.1) is 49.5 Å². The van der Waals surface area contributed by atoms with Crippen molar-refractivity contribution < 1.29 is 19.2 Å². The molecule has 12 heteroatoms. The van der Waals surface area contributed by atoms with Crippen molar-refractivity contribution in [2.24, 2.45) is 4.99 Å². The number of halogens is 1. The fourth-order valence-corrected chi connectivity index (χ4v) is 6.43. The van der Waals surface area contributed by atoms with Crippen molar-refractivity contribution in [2.45, 2.75) is 33.4 Å². The number of aromatic nitrogens is 1. The lowest BCUT2D eigenvalue weighted by atomic mass is 9.95. The highest BCUT2D eigenvalue weighted by atomic mass is 79.9. The summed E-state index contributed by atoms with van der Waals surface area (Å²) in [5.41, 5.74) is 3.41. The first-order chi connectivity index (χ1) is 21.1. The topological polar surface area (TPSA) is 137 Å². The van der Waals surface area contributed by atoms with Crippen LogP contribution >= 0.6 is 27.3 Å². The summed E-state index contributed by atoms with van der Waals surface area (Å²) in [6.07, 6.45) is 1.56. The maximum Gasteiger partial charge on any atom is 0.338 e. The molecular weight excluding hydrogens is 648 g/mol. The number of hydrogen-bond donors (Lipinski definition) is 0. The number of thiazole rings is 1. The summed E-state index contributed by atoms with van der Waals surface area (Å²) in [6.45, 7) is 5.58. The number of nitriles is 1. The lowest BCUT2D eigenvalue weighted by molar-refractivity contribution is -0.386. The molecule has 44 heavy (non-hydrogen) atoms. The molecule has 5 rings (SSSR count). The standard InChI is InChI=1S/C32H25BrN4O6S/c1-4-42-31(39)27-19(3)35-32-36(28(27)23-11-5-18(2)6-12-23)30(38)26(44-32)15-22-13-24(33)29(25(14-22)37(40)41)43-17-21-9-7-20(16-34)8-10-21/h5-15,28H,4,17H2,1-3H3/b26-15-/t28-/m1/s1. The molecule has 0 saturated carbocycles. The molecular formula is C32H25BrN4O6S. The molecule has 0 bridgehead atoms. The van der Waals surface area contributed by atoms with E-state index in [0.717, 1.165) is 28.0 Å². The fraction of sp³-hybridized carbons (Fsp3) is 0.188. The van der Waals surface area contributed by atoms with Gasteiger partial charge in [-0.2, -0.15) is 5.26 Å². The summed E-state index contributed by atoms with van der Waals surface area (Å²) in [5.74, 6) is -0.517. The van der Waals surface area contributed by atoms with Gasteiger partial charge in [-0.1, -0.05) is 53.3 Å². The smallest absolute Gasteiger partial charge is 0.338 e. The van der Waals surface area contributed by atoms with Gasteiger partial charge >= 0.3 is 11.7 Å². The van der Waals surface area contributed by atoms with Crippen molar-refractivity contribution in [1.82, 2.24) is 4.57 Å². The molecule has 222 valence electrons. The Bertz CT molecular complexity index is 2040. The molecule has 1 aliphatic rings. The van der Waals surface area contributed by atoms with Crippen LogP contribution in [0.15, 0.2) is 86.2 Å². The zero-order chi connectivity index (χ0) is 31.5. The zero-order valence-corrected chi connectivity index (χ0v) is 26.3. The van der Waals surface area contributed by atoms with Crippen molar-refractivity contribution in [3.63, 3.8) is 0 Å². The van der Waals surface area contributed by atoms with Gasteiger partial charge in [0, 0.05) is 6.07 Å². The number of nitro groups is 1. The van der Waals surface area contributed by atoms with Crippen LogP contribution in [0.25, 0.3) is 6.08 Å². The minimum Gasteiger partial charge on any atom is -0.481 e. The Hall–Kier alpha value is -4.86. The molecule has 10 nitrogen and oxygen atoms in total. The predicted octanol–water partition coefficient (Wildman–Crippen LogP) is 5.23. The van der Waals surface area contributed by atoms with Crippen molar-refractivity contribution in [3.8, 4) is 11.8 Å². The van der Waals surface area contributed by atoms with E-state index in [0.29, 0.717) is 26.1 Å². The van der Waals surface area contributed by atoms with Crippen molar-refractivity contribution in [1.29, 1.82) is 5.26 Å². The minimum atomic E-state index is -0.757. The third-order valence-electron chi connectivity index (χ3n) is 6.92. The number of hydrogen-bond acceptors (Lipinski definition) is 9. The van der Waals surface area contributed by atoms with E-state index in [4.69, 9.17) is 14.7 Å². The molecule has 3 aromatic carbocycles. The third-order valence-corrected chi connectivity index (χ3v) is 8.49. The number of benzene rings is 3. The number of esters is 1. The first-order valence-electron chi connectivity index (χ1n) is 13.5. The Morgan fingerprint density at radius 2 is 1.89 bits per heavy atom. The third kappa shape index (κ3) is 6.10. The van der Waals surface area contributed by atoms with E-state index in [-0.39, 0.29) is 34.8 Å². The quantitative estimate of drug-likeness (QED) is 0.142. The summed E-state index contributed by atoms with van der Waals surface area (Å²) in [5, 5.41) is 21.0. The normalized spacial score (nSPS) is 14.4. The lowest BCUT2D eigenvalue weighted by Crippen LogP contribution is -2.39. The van der Waals surface area contributed by atoms with Gasteiger partial charge in [-0.15, -0.1) is 0 Å². The predicted molar refractivity (Wildman–Crippen MR) is 168 cm³/mol. The molecule has 2 heterocycles. The van der Waals surface area contributed by atoms with Crippen LogP contribution in [-0.4, -0.2) is 22.1 Å². The molecule has 0 saturated heterocycles. The van der Waals surface area contributed by atoms with Crippen LogP contribution in [0, 0.1) is 28.4 Å². The summed E-state index contributed by atoms with van der Waals surface area (Å²) < 4.78 is 13.2. The second-order valence-electron chi connectivity index (χ2n) is 9.92. The van der Waals surface area contributed by atoms with E-state index >= 15 is 0 Å². The van der Waals surface area contributed by atoms with Crippen LogP contribution in [-0.2, 0) is 16.1 Å². The average Bonchev–Trinajstić information content (AvgIpc) is 3.30. The molecule has 0 amide bonds. The van der Waals surface area contributed by atoms with Gasteiger partial charge in [-0.25, -0.2) is 9.79 Å². The number of carbonyl (C=O) groups excluding carboxylic acids is 1. The monoisotopic (exact) mass is 672 g/mol. The van der Waals surface area contributed by atoms with Crippen molar-refractivity contribution in [2.75, 3.05) is 6.61 Å². The van der Waals surface area contributed by atoms with Gasteiger partial charge < -0.3 is 9.47 Å². The highest BCUT2D eigenvalue weighted by Gasteiger charge is 2.33. The van der Waals surface area contributed by atoms with E-state index in [2.05, 4.69) is 20.9 Å². The summed E-state index contributed by atoms with van der Waals surface area (Å²) in [7, 11) is 0. The molecule has 0 aliphatic carbocycles. The Labute approximate surface area is 264 Å². The maximum absolute atomic E-state index is 13.9. The Balaban J connectivity index is 1.58. The molecule has 0 spiro atoms. The van der Waals surface area contributed by atoms with Gasteiger partial charge in [0.15, 0.2) is 4.80 Å². The maximum atomic E-state index is 13.9. The SMILES string of the molecule is CCOC(=O)C1=C(C)N=c2s/c(=C\c3cc(Br)c(OCc4ccc(C#N)cc4)c([N+](=O)[O-])c3)c(=O)n2[C@@H]1c1ccc(C)cc1. The molecule has 4 aromatic rings. The molecule has 0 fully saturated rings. The fourth-order valence-electron chi connectivity index (χ4n) is 4.80. The van der Waals surface area contributed by atoms with Gasteiger partial charge in [0.25, 0.3) is 5.56 Å². The van der Waals surface area contributed by atoms with Crippen LogP contribution in [0.3, 0.4) is 0 Å². The van der Waals surface area contributed by atoms with Crippen molar-refractivity contribution >= 4 is 45.0 Å². The van der Waals surface area contributed by atoms with Crippen LogP contribution in [0.5, 0.6) is 5.75 Å². The summed E-state index contributed by atoms with van der Waals surface area (Å²) >= 11 is 4.52. The number of nitrogens with zero attached hydrogens (tertiary/aromatic N) is 4. The van der Waals surface area contributed by atoms with Gasteiger partial charge in [0.2, 0.25) is 5.75 Å². The summed E-state index contributed by atoms with van der Waals surface area (Å²) in [4.78, 5) is 43.4. The highest BCUT2D eigenvalue weighted by molar-refractivity contribution is 9.10. The molecule has 0 unspecified atom stereocenters. The Kier molecular flexibility index (Phi) is 8.89. The number of nitro benzene ring substituents is 1. The highest BCUT2D eigenvalue weighted by Crippen LogP contribution is 2.37. The van der Waals surface area contributed by atoms with Gasteiger partial charge in [0.1, 0.15) is 6.61 Å². The van der Waals surface area contributed by atoms with Crippen LogP contribution < -0.4 is 19.6 Å². The van der Waals surface area contributed by atoms with E-state index in [1.807, 2.05) is 37.3 Å². The minimum absolute atomic E-state index is 0.0343. The second-order valence-corrected chi connectivity index (χ2v) is 11.8. The van der Waals surface area contributed by atoms with E-state index in [1.54, 1.807) is 50.3 Å². The number of allylic oxidation sites excluding steroid dienone is 1. The lowest BCUT2D eigenvalue weighted by Gasteiger charge is -2.24. The molecule has 1 atom stereocenters. The number of fused-ring (bicyclic) bond motifs is 1. The zero-order valence-electron chi connectivity index (χ0n) is 23.9. The van der Waals surface area contributed by atoms with Crippen LogP contribution in [0.2, 0.25) is 0 Å². The Morgan fingerprint density at radius 1 is 1.18 bits per heavy atom. The molecule has 1 aromatic heterocycles. The van der Waals surface area contributed by atoms with Crippen molar-refractivity contribution in [3.05, 3.63) is 134 Å². The number of carbonyl (C=O) groups is 1. The second kappa shape index (κ2) is 12.8. The van der Waals surface area contributed by atoms with E-state index in [1.165, 1.54) is 10.6 Å².